The Kier molecular flexibility index (Phi) is 3.18. The highest BCUT2D eigenvalue weighted by molar-refractivity contribution is 7.12. The van der Waals surface area contributed by atoms with E-state index in [1.807, 2.05) is 0 Å². The number of aromatic nitrogens is 1. The number of halogens is 1. The van der Waals surface area contributed by atoms with Crippen LogP contribution in [0.25, 0.3) is 0 Å². The molecule has 0 amide bonds. The van der Waals surface area contributed by atoms with E-state index in [0.29, 0.717) is 23.2 Å². The van der Waals surface area contributed by atoms with Crippen LogP contribution >= 0.6 is 11.3 Å². The van der Waals surface area contributed by atoms with Crippen molar-refractivity contribution < 1.29 is 9.13 Å². The van der Waals surface area contributed by atoms with Gasteiger partial charge in [-0.3, -0.25) is 0 Å². The number of ether oxygens (including phenoxy) is 1. The third-order valence-corrected chi connectivity index (χ3v) is 3.89. The third-order valence-electron chi connectivity index (χ3n) is 2.94. The number of rotatable bonds is 4. The van der Waals surface area contributed by atoms with Gasteiger partial charge in [-0.25, -0.2) is 9.37 Å². The zero-order valence-electron chi connectivity index (χ0n) is 10.1. The molecule has 3 nitrogen and oxygen atoms in total. The molecular weight excluding hydrogens is 263 g/mol. The zero-order chi connectivity index (χ0) is 13.2. The first-order valence-electron chi connectivity index (χ1n) is 6.04. The van der Waals surface area contributed by atoms with E-state index in [0.717, 1.165) is 23.5 Å². The Morgan fingerprint density at radius 1 is 1.37 bits per heavy atom. The lowest BCUT2D eigenvalue weighted by Crippen LogP contribution is -1.95. The summed E-state index contributed by atoms with van der Waals surface area (Å²) in [5, 5.41) is 9.86. The number of hydrogen-bond donors (Lipinski definition) is 0. The van der Waals surface area contributed by atoms with Crippen LogP contribution in [0.5, 0.6) is 5.75 Å². The van der Waals surface area contributed by atoms with Crippen molar-refractivity contribution in [3.05, 3.63) is 45.7 Å². The lowest BCUT2D eigenvalue weighted by atomic mass is 10.3. The molecule has 0 aliphatic heterocycles. The molecule has 1 aromatic heterocycles. The number of thiazole rings is 1. The Morgan fingerprint density at radius 2 is 2.11 bits per heavy atom. The van der Waals surface area contributed by atoms with Crippen LogP contribution in [0.4, 0.5) is 4.39 Å². The molecule has 5 heteroatoms. The van der Waals surface area contributed by atoms with E-state index in [2.05, 4.69) is 11.1 Å². The SMILES string of the molecule is N#Cc1sc(COc2ccc(F)cc2)nc1C1CC1. The molecule has 1 saturated carbocycles. The van der Waals surface area contributed by atoms with Gasteiger partial charge in [0.2, 0.25) is 0 Å². The summed E-state index contributed by atoms with van der Waals surface area (Å²) < 4.78 is 18.3. The van der Waals surface area contributed by atoms with E-state index in [9.17, 15) is 4.39 Å². The van der Waals surface area contributed by atoms with Gasteiger partial charge in [-0.2, -0.15) is 5.26 Å². The third kappa shape index (κ3) is 2.74. The Balaban J connectivity index is 1.70. The molecule has 0 spiro atoms. The molecular formula is C14H11FN2OS. The van der Waals surface area contributed by atoms with Crippen molar-refractivity contribution in [1.29, 1.82) is 5.26 Å². The fraction of sp³-hybridized carbons (Fsp3) is 0.286. The van der Waals surface area contributed by atoms with Crippen LogP contribution in [-0.4, -0.2) is 4.98 Å². The van der Waals surface area contributed by atoms with Gasteiger partial charge < -0.3 is 4.74 Å². The summed E-state index contributed by atoms with van der Waals surface area (Å²) in [5.74, 6) is 0.776. The summed E-state index contributed by atoms with van der Waals surface area (Å²) in [5.41, 5.74) is 0.921. The van der Waals surface area contributed by atoms with Gasteiger partial charge in [0, 0.05) is 5.92 Å². The van der Waals surface area contributed by atoms with Crippen LogP contribution < -0.4 is 4.74 Å². The fourth-order valence-corrected chi connectivity index (χ4v) is 2.69. The van der Waals surface area contributed by atoms with Crippen molar-refractivity contribution in [2.75, 3.05) is 0 Å². The molecule has 2 aromatic rings. The maximum Gasteiger partial charge on any atom is 0.140 e. The van der Waals surface area contributed by atoms with Gasteiger partial charge in [0.05, 0.1) is 5.69 Å². The summed E-state index contributed by atoms with van der Waals surface area (Å²) in [6, 6.07) is 8.06. The molecule has 0 unspecified atom stereocenters. The molecule has 0 saturated heterocycles. The summed E-state index contributed by atoms with van der Waals surface area (Å²) in [7, 11) is 0. The Hall–Kier alpha value is -1.93. The van der Waals surface area contributed by atoms with Gasteiger partial charge >= 0.3 is 0 Å². The largest absolute Gasteiger partial charge is 0.486 e. The van der Waals surface area contributed by atoms with E-state index in [4.69, 9.17) is 10.00 Å². The molecule has 1 aliphatic rings. The van der Waals surface area contributed by atoms with E-state index < -0.39 is 0 Å². The molecule has 1 heterocycles. The van der Waals surface area contributed by atoms with Crippen molar-refractivity contribution in [3.63, 3.8) is 0 Å². The lowest BCUT2D eigenvalue weighted by Gasteiger charge is -2.02. The fourth-order valence-electron chi connectivity index (χ4n) is 1.83. The van der Waals surface area contributed by atoms with Gasteiger partial charge in [-0.05, 0) is 37.1 Å². The summed E-state index contributed by atoms with van der Waals surface area (Å²) >= 11 is 1.38. The van der Waals surface area contributed by atoms with Gasteiger partial charge in [-0.15, -0.1) is 11.3 Å². The molecule has 1 aromatic carbocycles. The van der Waals surface area contributed by atoms with Crippen LogP contribution in [0.15, 0.2) is 24.3 Å². The average Bonchev–Trinajstić information content (AvgIpc) is 3.19. The summed E-state index contributed by atoms with van der Waals surface area (Å²) in [4.78, 5) is 5.17. The smallest absolute Gasteiger partial charge is 0.140 e. The van der Waals surface area contributed by atoms with Gasteiger partial charge in [0.25, 0.3) is 0 Å². The lowest BCUT2D eigenvalue weighted by molar-refractivity contribution is 0.305. The monoisotopic (exact) mass is 274 g/mol. The average molecular weight is 274 g/mol. The van der Waals surface area contributed by atoms with Crippen molar-refractivity contribution in [1.82, 2.24) is 4.98 Å². The minimum absolute atomic E-state index is 0.288. The molecule has 3 rings (SSSR count). The standard InChI is InChI=1S/C14H11FN2OS/c15-10-3-5-11(6-4-10)18-8-13-17-14(9-1-2-9)12(7-16)19-13/h3-6,9H,1-2,8H2. The summed E-state index contributed by atoms with van der Waals surface area (Å²) in [6.07, 6.45) is 2.24. The maximum atomic E-state index is 12.7. The summed E-state index contributed by atoms with van der Waals surface area (Å²) in [6.45, 7) is 0.317. The van der Waals surface area contributed by atoms with E-state index in [1.54, 1.807) is 12.1 Å². The van der Waals surface area contributed by atoms with Gasteiger partial charge in [-0.1, -0.05) is 0 Å². The maximum absolute atomic E-state index is 12.7. The zero-order valence-corrected chi connectivity index (χ0v) is 10.9. The van der Waals surface area contributed by atoms with Crippen molar-refractivity contribution in [2.45, 2.75) is 25.4 Å². The number of nitriles is 1. The van der Waals surface area contributed by atoms with E-state index in [1.165, 1.54) is 23.5 Å². The highest BCUT2D eigenvalue weighted by Gasteiger charge is 2.29. The predicted octanol–water partition coefficient (Wildman–Crippen LogP) is 3.61. The number of nitrogens with zero attached hydrogens (tertiary/aromatic N) is 2. The molecule has 1 fully saturated rings. The minimum atomic E-state index is -0.288. The number of benzene rings is 1. The number of hydrogen-bond acceptors (Lipinski definition) is 4. The molecule has 1 aliphatic carbocycles. The first-order chi connectivity index (χ1) is 9.26. The minimum Gasteiger partial charge on any atom is -0.486 e. The predicted molar refractivity (Wildman–Crippen MR) is 69.5 cm³/mol. The molecule has 0 N–H and O–H groups in total. The Morgan fingerprint density at radius 3 is 2.74 bits per heavy atom. The quantitative estimate of drug-likeness (QED) is 0.855. The van der Waals surface area contributed by atoms with Crippen LogP contribution in [-0.2, 0) is 6.61 Å². The highest BCUT2D eigenvalue weighted by atomic mass is 32.1. The van der Waals surface area contributed by atoms with Crippen LogP contribution in [0, 0.1) is 17.1 Å². The molecule has 0 atom stereocenters. The van der Waals surface area contributed by atoms with Crippen molar-refractivity contribution in [2.24, 2.45) is 0 Å². The molecule has 0 radical (unpaired) electrons. The first kappa shape index (κ1) is 12.1. The second kappa shape index (κ2) is 4.98. The Labute approximate surface area is 114 Å². The van der Waals surface area contributed by atoms with Crippen LogP contribution in [0.1, 0.15) is 34.3 Å². The first-order valence-corrected chi connectivity index (χ1v) is 6.86. The molecule has 19 heavy (non-hydrogen) atoms. The normalized spacial score (nSPS) is 14.1. The highest BCUT2D eigenvalue weighted by Crippen LogP contribution is 2.42. The Bertz CT molecular complexity index is 626. The van der Waals surface area contributed by atoms with Crippen molar-refractivity contribution in [3.8, 4) is 11.8 Å². The second-order valence-corrected chi connectivity index (χ2v) is 5.53. The van der Waals surface area contributed by atoms with Gasteiger partial charge in [0.15, 0.2) is 0 Å². The molecule has 0 bridgehead atoms. The van der Waals surface area contributed by atoms with Crippen LogP contribution in [0.3, 0.4) is 0 Å². The van der Waals surface area contributed by atoms with Crippen LogP contribution in [0.2, 0.25) is 0 Å². The topological polar surface area (TPSA) is 45.9 Å². The van der Waals surface area contributed by atoms with Gasteiger partial charge in [0.1, 0.15) is 34.1 Å². The molecule has 96 valence electrons. The van der Waals surface area contributed by atoms with Crippen molar-refractivity contribution >= 4 is 11.3 Å². The van der Waals surface area contributed by atoms with E-state index in [-0.39, 0.29) is 5.82 Å². The second-order valence-electron chi connectivity index (χ2n) is 4.45. The van der Waals surface area contributed by atoms with E-state index >= 15 is 0 Å².